The van der Waals surface area contributed by atoms with E-state index in [2.05, 4.69) is 61.2 Å². The predicted octanol–water partition coefficient (Wildman–Crippen LogP) is 6.75. The van der Waals surface area contributed by atoms with Crippen molar-refractivity contribution in [3.63, 3.8) is 0 Å². The average Bonchev–Trinajstić information content (AvgIpc) is 3.51. The second kappa shape index (κ2) is 8.95. The number of Topliss-reactive ketones (excluding diaryl/α,β-unsaturated/α-hetero) is 1. The standard InChI is InChI=1S/C37H41F2NO3/c1-33-12-9-26(41)18-35(33)15-16-37(27(19-35)32(42)23-7-8-28(38)29(39)17-23)30(33)10-13-34(2)31(37)11-14-36(34,43)22-40-20-24-5-3-4-6-25(24)21-40/h3-8,15-17,19,26,30-31,41,43H,9-14,18,20-22H2,1-2H3/t26?,30-,31-,33-,34+,35+,36-,37-/m1/s1. The molecular formula is C37H41F2NO3. The van der Waals surface area contributed by atoms with Gasteiger partial charge in [0.2, 0.25) is 0 Å². The molecule has 226 valence electrons. The van der Waals surface area contributed by atoms with Crippen LogP contribution in [0.4, 0.5) is 8.78 Å². The Morgan fingerprint density at radius 2 is 1.58 bits per heavy atom. The molecule has 2 aromatic carbocycles. The van der Waals surface area contributed by atoms with E-state index in [1.54, 1.807) is 0 Å². The summed E-state index contributed by atoms with van der Waals surface area (Å²) in [7, 11) is 0. The summed E-state index contributed by atoms with van der Waals surface area (Å²) >= 11 is 0. The highest BCUT2D eigenvalue weighted by atomic mass is 19.2. The highest BCUT2D eigenvalue weighted by Crippen LogP contribution is 2.78. The summed E-state index contributed by atoms with van der Waals surface area (Å²) in [5.41, 5.74) is 0.879. The Hall–Kier alpha value is -2.67. The first-order valence-corrected chi connectivity index (χ1v) is 16.1. The van der Waals surface area contributed by atoms with Crippen LogP contribution in [-0.4, -0.2) is 39.1 Å². The smallest absolute Gasteiger partial charge is 0.189 e. The topological polar surface area (TPSA) is 60.8 Å². The highest BCUT2D eigenvalue weighted by molar-refractivity contribution is 6.10. The third kappa shape index (κ3) is 3.49. The van der Waals surface area contributed by atoms with Crippen LogP contribution in [0, 0.1) is 45.1 Å². The van der Waals surface area contributed by atoms with Gasteiger partial charge in [-0.3, -0.25) is 9.69 Å². The zero-order valence-corrected chi connectivity index (χ0v) is 25.1. The molecule has 0 amide bonds. The minimum Gasteiger partial charge on any atom is -0.393 e. The van der Waals surface area contributed by atoms with Gasteiger partial charge in [-0.1, -0.05) is 56.3 Å². The van der Waals surface area contributed by atoms with Crippen LogP contribution in [0.25, 0.3) is 0 Å². The van der Waals surface area contributed by atoms with E-state index in [1.165, 1.54) is 17.2 Å². The molecule has 9 rings (SSSR count). The second-order valence-corrected chi connectivity index (χ2v) is 15.2. The fourth-order valence-electron chi connectivity index (χ4n) is 11.3. The van der Waals surface area contributed by atoms with Crippen LogP contribution >= 0.6 is 0 Å². The van der Waals surface area contributed by atoms with E-state index < -0.39 is 39.6 Å². The summed E-state index contributed by atoms with van der Waals surface area (Å²) < 4.78 is 28.4. The maximum Gasteiger partial charge on any atom is 0.189 e. The van der Waals surface area contributed by atoms with E-state index in [4.69, 9.17) is 0 Å². The number of aliphatic hydroxyl groups excluding tert-OH is 1. The van der Waals surface area contributed by atoms with Gasteiger partial charge in [0.05, 0.1) is 11.7 Å². The molecule has 2 aromatic rings. The predicted molar refractivity (Wildman–Crippen MR) is 160 cm³/mol. The highest BCUT2D eigenvalue weighted by Gasteiger charge is 2.74. The lowest BCUT2D eigenvalue weighted by atomic mass is 9.32. The summed E-state index contributed by atoms with van der Waals surface area (Å²) in [6, 6.07) is 12.0. The van der Waals surface area contributed by atoms with E-state index in [-0.39, 0.29) is 28.6 Å². The van der Waals surface area contributed by atoms with E-state index in [0.717, 1.165) is 57.3 Å². The van der Waals surface area contributed by atoms with E-state index >= 15 is 0 Å². The van der Waals surface area contributed by atoms with E-state index in [0.29, 0.717) is 25.0 Å². The summed E-state index contributed by atoms with van der Waals surface area (Å²) in [5, 5.41) is 23.5. The molecule has 0 radical (unpaired) electrons. The van der Waals surface area contributed by atoms with Gasteiger partial charge in [0.15, 0.2) is 17.4 Å². The van der Waals surface area contributed by atoms with Gasteiger partial charge in [-0.2, -0.15) is 0 Å². The van der Waals surface area contributed by atoms with E-state index in [1.807, 2.05) is 0 Å². The molecule has 1 unspecified atom stereocenters. The van der Waals surface area contributed by atoms with Gasteiger partial charge < -0.3 is 10.2 Å². The van der Waals surface area contributed by atoms with Crippen LogP contribution < -0.4 is 0 Å². The molecule has 2 bridgehead atoms. The monoisotopic (exact) mass is 585 g/mol. The molecule has 2 spiro atoms. The molecule has 6 heteroatoms. The number of hydrogen-bond acceptors (Lipinski definition) is 4. The number of halogens is 2. The van der Waals surface area contributed by atoms with Crippen molar-refractivity contribution in [2.24, 2.45) is 33.5 Å². The number of carbonyl (C=O) groups is 1. The maximum atomic E-state index is 14.5. The first-order valence-electron chi connectivity index (χ1n) is 16.1. The third-order valence-corrected chi connectivity index (χ3v) is 13.5. The summed E-state index contributed by atoms with van der Waals surface area (Å²) in [6.45, 7) is 6.84. The number of hydrogen-bond donors (Lipinski definition) is 2. The van der Waals surface area contributed by atoms with Gasteiger partial charge in [0.1, 0.15) is 0 Å². The summed E-state index contributed by atoms with van der Waals surface area (Å²) in [4.78, 5) is 16.9. The molecular weight excluding hydrogens is 544 g/mol. The first kappa shape index (κ1) is 27.8. The number of carbonyl (C=O) groups excluding carboxylic acids is 1. The molecule has 0 saturated heterocycles. The van der Waals surface area contributed by atoms with Crippen molar-refractivity contribution in [1.82, 2.24) is 4.90 Å². The molecule has 3 fully saturated rings. The van der Waals surface area contributed by atoms with Gasteiger partial charge in [-0.25, -0.2) is 8.78 Å². The number of nitrogens with zero attached hydrogens (tertiary/aromatic N) is 1. The maximum absolute atomic E-state index is 14.5. The van der Waals surface area contributed by atoms with Crippen LogP contribution in [0.5, 0.6) is 0 Å². The molecule has 0 aromatic heterocycles. The van der Waals surface area contributed by atoms with Crippen molar-refractivity contribution in [2.45, 2.75) is 83.6 Å². The van der Waals surface area contributed by atoms with Crippen molar-refractivity contribution in [3.05, 3.63) is 94.6 Å². The van der Waals surface area contributed by atoms with Crippen molar-refractivity contribution in [3.8, 4) is 0 Å². The Kier molecular flexibility index (Phi) is 5.80. The van der Waals surface area contributed by atoms with Crippen LogP contribution in [0.15, 0.2) is 66.3 Å². The van der Waals surface area contributed by atoms with Crippen LogP contribution in [0.3, 0.4) is 0 Å². The molecule has 2 N–H and O–H groups in total. The molecule has 6 aliphatic carbocycles. The van der Waals surface area contributed by atoms with Crippen LogP contribution in [-0.2, 0) is 13.1 Å². The molecule has 43 heavy (non-hydrogen) atoms. The molecule has 7 aliphatic rings. The van der Waals surface area contributed by atoms with Gasteiger partial charge in [-0.05, 0) is 91.5 Å². The van der Waals surface area contributed by atoms with Crippen molar-refractivity contribution < 1.29 is 23.8 Å². The van der Waals surface area contributed by atoms with Crippen molar-refractivity contribution >= 4 is 5.78 Å². The quantitative estimate of drug-likeness (QED) is 0.308. The summed E-state index contributed by atoms with van der Waals surface area (Å²) in [6.07, 6.45) is 11.6. The van der Waals surface area contributed by atoms with Gasteiger partial charge in [0, 0.05) is 47.0 Å². The molecule has 1 aliphatic heterocycles. The largest absolute Gasteiger partial charge is 0.393 e. The van der Waals surface area contributed by atoms with Crippen molar-refractivity contribution in [1.29, 1.82) is 0 Å². The number of β-amino-alcohol motifs (C(OH)–C–C–N with tert-alkyl or cyclic N) is 1. The zero-order valence-electron chi connectivity index (χ0n) is 25.1. The van der Waals surface area contributed by atoms with Gasteiger partial charge in [0.25, 0.3) is 0 Å². The number of aliphatic hydroxyl groups is 2. The third-order valence-electron chi connectivity index (χ3n) is 13.5. The minimum absolute atomic E-state index is 0.0208. The normalized spacial score (nSPS) is 42.7. The Balaban J connectivity index is 1.23. The Morgan fingerprint density at radius 3 is 2.30 bits per heavy atom. The molecule has 4 nitrogen and oxygen atoms in total. The number of fused-ring (bicyclic) bond motifs is 2. The Bertz CT molecular complexity index is 1580. The SMILES string of the molecule is C[C@]12CC[C@H]3[C@]4(C=C[C@@]5(C=C4C(=O)c4ccc(F)c(F)c4)CC(O)CC[C@]35C)[C@@H]1CC[C@@]2(O)CN1Cc2ccccc2C1. The fraction of sp³-hybridized carbons (Fsp3) is 0.541. The Morgan fingerprint density at radius 1 is 0.907 bits per heavy atom. The molecule has 3 saturated carbocycles. The lowest BCUT2D eigenvalue weighted by Gasteiger charge is -2.71. The molecule has 8 atom stereocenters. The first-order chi connectivity index (χ1) is 20.4. The number of rotatable bonds is 4. The number of allylic oxidation sites excluding steroid dienone is 4. The molecule has 1 heterocycles. The van der Waals surface area contributed by atoms with Crippen LogP contribution in [0.1, 0.15) is 80.3 Å². The lowest BCUT2D eigenvalue weighted by molar-refractivity contribution is -0.176. The van der Waals surface area contributed by atoms with E-state index in [9.17, 15) is 23.8 Å². The fourth-order valence-corrected chi connectivity index (χ4v) is 11.3. The van der Waals surface area contributed by atoms with Crippen molar-refractivity contribution in [2.75, 3.05) is 6.54 Å². The number of benzene rings is 2. The Labute approximate surface area is 252 Å². The van der Waals surface area contributed by atoms with Gasteiger partial charge >= 0.3 is 0 Å². The average molecular weight is 586 g/mol. The van der Waals surface area contributed by atoms with Gasteiger partial charge in [-0.15, -0.1) is 0 Å². The zero-order chi connectivity index (χ0) is 30.0. The van der Waals surface area contributed by atoms with Crippen LogP contribution in [0.2, 0.25) is 0 Å². The minimum atomic E-state index is -1.02. The lowest BCUT2D eigenvalue weighted by Crippen LogP contribution is -2.67. The summed E-state index contributed by atoms with van der Waals surface area (Å²) in [5.74, 6) is -2.08. The number of ketones is 1. The second-order valence-electron chi connectivity index (χ2n) is 15.2.